The van der Waals surface area contributed by atoms with Crippen molar-refractivity contribution in [2.24, 2.45) is 5.92 Å². The van der Waals surface area contributed by atoms with E-state index in [1.807, 2.05) is 0 Å². The van der Waals surface area contributed by atoms with Crippen molar-refractivity contribution in [2.75, 3.05) is 13.1 Å². The molecule has 1 unspecified atom stereocenters. The maximum absolute atomic E-state index is 12.6. The van der Waals surface area contributed by atoms with Gasteiger partial charge in [-0.05, 0) is 0 Å². The highest BCUT2D eigenvalue weighted by atomic mass is 19.3. The van der Waals surface area contributed by atoms with E-state index in [9.17, 15) is 13.6 Å². The molecular formula is C6H9F2NO2. The predicted octanol–water partition coefficient (Wildman–Crippen LogP) is 1.25. The summed E-state index contributed by atoms with van der Waals surface area (Å²) in [6.45, 7) is 0.620. The molecule has 0 aromatic rings. The van der Waals surface area contributed by atoms with Crippen molar-refractivity contribution in [3.05, 3.63) is 0 Å². The molecule has 11 heavy (non-hydrogen) atoms. The molecule has 5 heteroatoms. The molecule has 1 N–H and O–H groups in total. The Morgan fingerprint density at radius 1 is 1.73 bits per heavy atom. The molecule has 1 heterocycles. The van der Waals surface area contributed by atoms with Crippen LogP contribution in [-0.2, 0) is 0 Å². The molecule has 1 atom stereocenters. The number of carboxylic acid groups (broad SMARTS) is 1. The Labute approximate surface area is 62.6 Å². The molecule has 0 aromatic heterocycles. The van der Waals surface area contributed by atoms with Gasteiger partial charge >= 0.3 is 6.09 Å². The minimum Gasteiger partial charge on any atom is -0.465 e. The van der Waals surface area contributed by atoms with Gasteiger partial charge in [0.05, 0.1) is 6.54 Å². The third-order valence-electron chi connectivity index (χ3n) is 1.89. The van der Waals surface area contributed by atoms with E-state index in [1.165, 1.54) is 6.92 Å². The van der Waals surface area contributed by atoms with Gasteiger partial charge in [-0.25, -0.2) is 13.6 Å². The van der Waals surface area contributed by atoms with Crippen LogP contribution in [0.1, 0.15) is 6.92 Å². The molecule has 0 aromatic carbocycles. The first kappa shape index (κ1) is 8.23. The highest BCUT2D eigenvalue weighted by Gasteiger charge is 2.46. The number of likely N-dealkylation sites (tertiary alicyclic amines) is 1. The van der Waals surface area contributed by atoms with E-state index in [0.717, 1.165) is 4.90 Å². The van der Waals surface area contributed by atoms with Crippen LogP contribution >= 0.6 is 0 Å². The number of amides is 1. The highest BCUT2D eigenvalue weighted by Crippen LogP contribution is 2.32. The molecule has 1 rings (SSSR count). The van der Waals surface area contributed by atoms with Gasteiger partial charge in [0.25, 0.3) is 5.92 Å². The second-order valence-electron chi connectivity index (χ2n) is 2.83. The molecule has 3 nitrogen and oxygen atoms in total. The molecule has 0 radical (unpaired) electrons. The number of alkyl halides is 2. The Balaban J connectivity index is 2.64. The Kier molecular flexibility index (Phi) is 1.74. The number of carbonyl (C=O) groups is 1. The number of halogens is 2. The summed E-state index contributed by atoms with van der Waals surface area (Å²) < 4.78 is 25.3. The van der Waals surface area contributed by atoms with Crippen LogP contribution < -0.4 is 0 Å². The minimum absolute atomic E-state index is 0.0671. The molecular weight excluding hydrogens is 156 g/mol. The first-order chi connectivity index (χ1) is 4.93. The minimum atomic E-state index is -2.85. The fourth-order valence-corrected chi connectivity index (χ4v) is 1.08. The summed E-state index contributed by atoms with van der Waals surface area (Å²) in [6, 6.07) is 0. The van der Waals surface area contributed by atoms with E-state index < -0.39 is 24.5 Å². The average molecular weight is 165 g/mol. The highest BCUT2D eigenvalue weighted by molar-refractivity contribution is 5.65. The van der Waals surface area contributed by atoms with Crippen LogP contribution in [0.5, 0.6) is 0 Å². The lowest BCUT2D eigenvalue weighted by Crippen LogP contribution is -2.30. The monoisotopic (exact) mass is 165 g/mol. The quantitative estimate of drug-likeness (QED) is 0.586. The van der Waals surface area contributed by atoms with E-state index in [1.54, 1.807) is 0 Å². The van der Waals surface area contributed by atoms with Crippen LogP contribution in [0.4, 0.5) is 13.6 Å². The molecule has 0 aliphatic carbocycles. The van der Waals surface area contributed by atoms with Crippen LogP contribution in [-0.4, -0.2) is 35.1 Å². The van der Waals surface area contributed by atoms with Gasteiger partial charge in [0.15, 0.2) is 0 Å². The lowest BCUT2D eigenvalue weighted by molar-refractivity contribution is -0.0202. The van der Waals surface area contributed by atoms with Crippen molar-refractivity contribution in [1.29, 1.82) is 0 Å². The van der Waals surface area contributed by atoms with Crippen molar-refractivity contribution in [1.82, 2.24) is 4.90 Å². The number of hydrogen-bond donors (Lipinski definition) is 1. The predicted molar refractivity (Wildman–Crippen MR) is 33.7 cm³/mol. The first-order valence-corrected chi connectivity index (χ1v) is 3.29. The summed E-state index contributed by atoms with van der Waals surface area (Å²) in [7, 11) is 0. The van der Waals surface area contributed by atoms with Crippen molar-refractivity contribution < 1.29 is 18.7 Å². The van der Waals surface area contributed by atoms with Gasteiger partial charge in [-0.3, -0.25) is 0 Å². The normalized spacial score (nSPS) is 29.0. The number of rotatable bonds is 0. The largest absolute Gasteiger partial charge is 0.465 e. The number of hydrogen-bond acceptors (Lipinski definition) is 1. The first-order valence-electron chi connectivity index (χ1n) is 3.29. The Hall–Kier alpha value is -0.870. The maximum atomic E-state index is 12.6. The Morgan fingerprint density at radius 3 is 2.45 bits per heavy atom. The van der Waals surface area contributed by atoms with Crippen molar-refractivity contribution in [2.45, 2.75) is 12.8 Å². The molecule has 1 aliphatic heterocycles. The fraction of sp³-hybridized carbons (Fsp3) is 0.833. The van der Waals surface area contributed by atoms with Gasteiger partial charge in [-0.1, -0.05) is 6.92 Å². The Bertz CT molecular complexity index is 183. The third kappa shape index (κ3) is 1.41. The van der Waals surface area contributed by atoms with Gasteiger partial charge in [0.1, 0.15) is 0 Å². The van der Waals surface area contributed by atoms with E-state index in [2.05, 4.69) is 0 Å². The molecule has 64 valence electrons. The van der Waals surface area contributed by atoms with E-state index in [0.29, 0.717) is 0 Å². The zero-order chi connectivity index (χ0) is 8.65. The second-order valence-corrected chi connectivity index (χ2v) is 2.83. The van der Waals surface area contributed by atoms with Crippen molar-refractivity contribution in [3.8, 4) is 0 Å². The van der Waals surface area contributed by atoms with Crippen LogP contribution in [0, 0.1) is 5.92 Å². The molecule has 1 fully saturated rings. The van der Waals surface area contributed by atoms with E-state index >= 15 is 0 Å². The van der Waals surface area contributed by atoms with Gasteiger partial charge in [-0.2, -0.15) is 0 Å². The second kappa shape index (κ2) is 2.32. The SMILES string of the molecule is CC1CN(C(=O)O)CC1(F)F. The van der Waals surface area contributed by atoms with Crippen LogP contribution in [0.2, 0.25) is 0 Å². The van der Waals surface area contributed by atoms with Crippen molar-refractivity contribution in [3.63, 3.8) is 0 Å². The fourth-order valence-electron chi connectivity index (χ4n) is 1.08. The van der Waals surface area contributed by atoms with Gasteiger partial charge in [0, 0.05) is 12.5 Å². The standard InChI is InChI=1S/C6H9F2NO2/c1-4-2-9(5(10)11)3-6(4,7)8/h4H,2-3H2,1H3,(H,10,11). The smallest absolute Gasteiger partial charge is 0.407 e. The summed E-state index contributed by atoms with van der Waals surface area (Å²) in [5, 5.41) is 8.36. The maximum Gasteiger partial charge on any atom is 0.407 e. The lowest BCUT2D eigenvalue weighted by Gasteiger charge is -2.11. The third-order valence-corrected chi connectivity index (χ3v) is 1.89. The Morgan fingerprint density at radius 2 is 2.27 bits per heavy atom. The summed E-state index contributed by atoms with van der Waals surface area (Å²) in [4.78, 5) is 11.0. The van der Waals surface area contributed by atoms with E-state index in [-0.39, 0.29) is 6.54 Å². The van der Waals surface area contributed by atoms with Crippen LogP contribution in [0.25, 0.3) is 0 Å². The average Bonchev–Trinajstić information content (AvgIpc) is 2.08. The molecule has 1 saturated heterocycles. The van der Waals surface area contributed by atoms with E-state index in [4.69, 9.17) is 5.11 Å². The number of nitrogens with zero attached hydrogens (tertiary/aromatic N) is 1. The van der Waals surface area contributed by atoms with Crippen LogP contribution in [0.15, 0.2) is 0 Å². The summed E-state index contributed by atoms with van der Waals surface area (Å²) in [5.41, 5.74) is 0. The molecule has 0 bridgehead atoms. The molecule has 1 aliphatic rings. The summed E-state index contributed by atoms with van der Waals surface area (Å²) in [6.07, 6.45) is -1.27. The zero-order valence-electron chi connectivity index (χ0n) is 6.05. The topological polar surface area (TPSA) is 40.5 Å². The molecule has 1 amide bonds. The van der Waals surface area contributed by atoms with Crippen LogP contribution in [0.3, 0.4) is 0 Å². The molecule has 0 saturated carbocycles. The lowest BCUT2D eigenvalue weighted by atomic mass is 10.1. The zero-order valence-corrected chi connectivity index (χ0v) is 6.05. The van der Waals surface area contributed by atoms with Gasteiger partial charge in [0.2, 0.25) is 0 Å². The van der Waals surface area contributed by atoms with Crippen molar-refractivity contribution >= 4 is 6.09 Å². The van der Waals surface area contributed by atoms with Gasteiger partial charge < -0.3 is 10.0 Å². The summed E-state index contributed by atoms with van der Waals surface area (Å²) >= 11 is 0. The summed E-state index contributed by atoms with van der Waals surface area (Å²) in [5.74, 6) is -3.71. The van der Waals surface area contributed by atoms with Gasteiger partial charge in [-0.15, -0.1) is 0 Å². The molecule has 0 spiro atoms.